The van der Waals surface area contributed by atoms with E-state index in [2.05, 4.69) is 158 Å². The summed E-state index contributed by atoms with van der Waals surface area (Å²) in [5.41, 5.74) is 11.9. The van der Waals surface area contributed by atoms with E-state index in [-0.39, 0.29) is 6.04 Å². The highest BCUT2D eigenvalue weighted by Crippen LogP contribution is 2.42. The summed E-state index contributed by atoms with van der Waals surface area (Å²) in [4.78, 5) is 0. The van der Waals surface area contributed by atoms with Crippen molar-refractivity contribution in [2.75, 3.05) is 0 Å². The van der Waals surface area contributed by atoms with Gasteiger partial charge in [-0.25, -0.2) is 4.57 Å². The van der Waals surface area contributed by atoms with E-state index in [1.54, 1.807) is 0 Å². The van der Waals surface area contributed by atoms with Crippen LogP contribution in [0, 0.1) is 5.92 Å². The van der Waals surface area contributed by atoms with E-state index < -0.39 is 0 Å². The maximum Gasteiger partial charge on any atom is 0.213 e. The van der Waals surface area contributed by atoms with E-state index in [1.807, 2.05) is 0 Å². The van der Waals surface area contributed by atoms with Crippen LogP contribution in [0.3, 0.4) is 0 Å². The van der Waals surface area contributed by atoms with Crippen LogP contribution in [0.25, 0.3) is 33.6 Å². The molecule has 0 saturated carbocycles. The van der Waals surface area contributed by atoms with E-state index in [4.69, 9.17) is 0 Å². The van der Waals surface area contributed by atoms with Gasteiger partial charge in [0.15, 0.2) is 17.9 Å². The van der Waals surface area contributed by atoms with Gasteiger partial charge in [-0.15, -0.1) is 0 Å². The summed E-state index contributed by atoms with van der Waals surface area (Å²) >= 11 is 0. The highest BCUT2D eigenvalue weighted by atomic mass is 15.0. The summed E-state index contributed by atoms with van der Waals surface area (Å²) in [5.74, 6) is 0.938. The molecule has 0 spiro atoms. The second kappa shape index (κ2) is 11.7. The SMILES string of the molecule is C=CC1C(CCc2ccc(-c3ccccc3)cc2-c2cccc[n+]2C)c2ccccc2-c2cccc(CC(C)C)[n+]21. The number of allylic oxidation sites excluding steroid dienone is 1. The van der Waals surface area contributed by atoms with Crippen LogP contribution in [0.4, 0.5) is 0 Å². The third-order valence-corrected chi connectivity index (χ3v) is 8.59. The molecule has 2 aromatic heterocycles. The lowest BCUT2D eigenvalue weighted by Gasteiger charge is -2.30. The minimum absolute atomic E-state index is 0.217. The predicted octanol–water partition coefficient (Wildman–Crippen LogP) is 8.46. The standard InChI is InChI=1S/C39H40N2/c1-5-37-35(33-17-9-10-18-34(33)39-20-13-16-32(41(37)39)26-28(2)3)24-23-30-21-22-31(29-14-7-6-8-15-29)27-36(30)38-19-11-12-25-40(38)4/h5-22,25,27-28,35,37H,1,23-24,26H2,2-4H3/q+2. The summed E-state index contributed by atoms with van der Waals surface area (Å²) in [7, 11) is 2.14. The van der Waals surface area contributed by atoms with Crippen LogP contribution in [0.1, 0.15) is 49.0 Å². The van der Waals surface area contributed by atoms with Crippen LogP contribution in [-0.2, 0) is 19.9 Å². The molecule has 41 heavy (non-hydrogen) atoms. The molecule has 204 valence electrons. The molecule has 1 aliphatic rings. The number of aryl methyl sites for hydroxylation is 2. The lowest BCUT2D eigenvalue weighted by molar-refractivity contribution is -0.714. The maximum atomic E-state index is 4.38. The fraction of sp³-hybridized carbons (Fsp3) is 0.231. The molecular weight excluding hydrogens is 496 g/mol. The van der Waals surface area contributed by atoms with Gasteiger partial charge in [0, 0.05) is 41.8 Å². The molecule has 1 aliphatic heterocycles. The summed E-state index contributed by atoms with van der Waals surface area (Å²) in [6.07, 6.45) is 7.42. The molecule has 2 unspecified atom stereocenters. The Bertz CT molecular complexity index is 1680. The molecule has 0 aliphatic carbocycles. The zero-order chi connectivity index (χ0) is 28.3. The van der Waals surface area contributed by atoms with Crippen molar-refractivity contribution in [2.24, 2.45) is 13.0 Å². The minimum Gasteiger partial charge on any atom is -0.201 e. The number of pyridine rings is 2. The molecule has 6 rings (SSSR count). The Morgan fingerprint density at radius 3 is 2.29 bits per heavy atom. The largest absolute Gasteiger partial charge is 0.213 e. The number of hydrogen-bond acceptors (Lipinski definition) is 0. The van der Waals surface area contributed by atoms with Crippen molar-refractivity contribution in [3.63, 3.8) is 0 Å². The van der Waals surface area contributed by atoms with Crippen LogP contribution in [0.2, 0.25) is 0 Å². The van der Waals surface area contributed by atoms with Crippen molar-refractivity contribution in [1.29, 1.82) is 0 Å². The monoisotopic (exact) mass is 536 g/mol. The van der Waals surface area contributed by atoms with Crippen LogP contribution in [0.5, 0.6) is 0 Å². The van der Waals surface area contributed by atoms with Crippen molar-refractivity contribution in [2.45, 2.75) is 45.1 Å². The molecule has 2 nitrogen and oxygen atoms in total. The Balaban J connectivity index is 1.42. The van der Waals surface area contributed by atoms with Gasteiger partial charge in [0.25, 0.3) is 0 Å². The molecule has 2 atom stereocenters. The number of fused-ring (bicyclic) bond motifs is 3. The highest BCUT2D eigenvalue weighted by Gasteiger charge is 2.39. The van der Waals surface area contributed by atoms with Crippen molar-refractivity contribution >= 4 is 0 Å². The van der Waals surface area contributed by atoms with E-state index in [1.165, 1.54) is 50.5 Å². The molecule has 3 heterocycles. The molecule has 0 amide bonds. The molecule has 0 N–H and O–H groups in total. The number of hydrogen-bond donors (Lipinski definition) is 0. The van der Waals surface area contributed by atoms with E-state index in [9.17, 15) is 0 Å². The van der Waals surface area contributed by atoms with Gasteiger partial charge in [-0.3, -0.25) is 0 Å². The summed E-state index contributed by atoms with van der Waals surface area (Å²) < 4.78 is 4.82. The van der Waals surface area contributed by atoms with Gasteiger partial charge in [-0.05, 0) is 71.4 Å². The van der Waals surface area contributed by atoms with Crippen molar-refractivity contribution < 1.29 is 9.13 Å². The fourth-order valence-electron chi connectivity index (χ4n) is 6.69. The Kier molecular flexibility index (Phi) is 7.65. The smallest absolute Gasteiger partial charge is 0.201 e. The van der Waals surface area contributed by atoms with E-state index in [0.717, 1.165) is 19.3 Å². The Morgan fingerprint density at radius 2 is 1.51 bits per heavy atom. The first-order chi connectivity index (χ1) is 20.0. The van der Waals surface area contributed by atoms with Crippen molar-refractivity contribution in [3.05, 3.63) is 145 Å². The first-order valence-electron chi connectivity index (χ1n) is 14.9. The van der Waals surface area contributed by atoms with Crippen LogP contribution in [0.15, 0.2) is 128 Å². The molecule has 0 radical (unpaired) electrons. The van der Waals surface area contributed by atoms with Crippen molar-refractivity contribution in [1.82, 2.24) is 0 Å². The number of benzene rings is 3. The summed E-state index contributed by atoms with van der Waals surface area (Å²) in [5, 5.41) is 0. The normalized spacial score (nSPS) is 15.8. The predicted molar refractivity (Wildman–Crippen MR) is 169 cm³/mol. The van der Waals surface area contributed by atoms with E-state index in [0.29, 0.717) is 11.8 Å². The van der Waals surface area contributed by atoms with Gasteiger partial charge >= 0.3 is 0 Å². The number of aromatic nitrogens is 2. The zero-order valence-corrected chi connectivity index (χ0v) is 24.5. The quantitative estimate of drug-likeness (QED) is 0.139. The molecule has 0 saturated heterocycles. The molecule has 0 fully saturated rings. The number of nitrogens with zero attached hydrogens (tertiary/aromatic N) is 2. The van der Waals surface area contributed by atoms with Crippen LogP contribution in [-0.4, -0.2) is 0 Å². The van der Waals surface area contributed by atoms with Crippen LogP contribution < -0.4 is 9.13 Å². The molecule has 3 aromatic carbocycles. The van der Waals surface area contributed by atoms with Crippen LogP contribution >= 0.6 is 0 Å². The van der Waals surface area contributed by atoms with Gasteiger partial charge in [0.1, 0.15) is 7.05 Å². The fourth-order valence-corrected chi connectivity index (χ4v) is 6.69. The Hall–Kier alpha value is -4.30. The van der Waals surface area contributed by atoms with Crippen molar-refractivity contribution in [3.8, 4) is 33.6 Å². The highest BCUT2D eigenvalue weighted by molar-refractivity contribution is 5.73. The second-order valence-electron chi connectivity index (χ2n) is 11.8. The first kappa shape index (κ1) is 26.9. The Labute approximate surface area is 245 Å². The lowest BCUT2D eigenvalue weighted by atomic mass is 9.78. The van der Waals surface area contributed by atoms with E-state index >= 15 is 0 Å². The average Bonchev–Trinajstić information content (AvgIpc) is 3.00. The first-order valence-corrected chi connectivity index (χ1v) is 14.9. The van der Waals surface area contributed by atoms with Gasteiger partial charge in [-0.1, -0.05) is 81.1 Å². The Morgan fingerprint density at radius 1 is 0.756 bits per heavy atom. The van der Waals surface area contributed by atoms with Gasteiger partial charge < -0.3 is 0 Å². The summed E-state index contributed by atoms with van der Waals surface area (Å²) in [6, 6.07) is 40.3. The lowest BCUT2D eigenvalue weighted by Crippen LogP contribution is -2.50. The van der Waals surface area contributed by atoms with Gasteiger partial charge in [-0.2, -0.15) is 4.57 Å². The second-order valence-corrected chi connectivity index (χ2v) is 11.8. The molecule has 5 aromatic rings. The maximum absolute atomic E-state index is 4.38. The molecule has 2 heteroatoms. The van der Waals surface area contributed by atoms with Gasteiger partial charge in [0.2, 0.25) is 11.4 Å². The molecular formula is C39H40N2+2. The third-order valence-electron chi connectivity index (χ3n) is 8.59. The van der Waals surface area contributed by atoms with Gasteiger partial charge in [0.05, 0.1) is 5.92 Å². The minimum atomic E-state index is 0.217. The average molecular weight is 537 g/mol. The topological polar surface area (TPSA) is 7.76 Å². The third kappa shape index (κ3) is 5.27. The number of rotatable bonds is 8. The zero-order valence-electron chi connectivity index (χ0n) is 24.5. The summed E-state index contributed by atoms with van der Waals surface area (Å²) in [6.45, 7) is 8.99. The molecule has 0 bridgehead atoms.